The van der Waals surface area contributed by atoms with Crippen molar-refractivity contribution in [1.29, 1.82) is 0 Å². The molecular weight excluding hydrogens is 228 g/mol. The van der Waals surface area contributed by atoms with Gasteiger partial charge >= 0.3 is 5.97 Å². The van der Waals surface area contributed by atoms with Crippen LogP contribution in [0.5, 0.6) is 11.5 Å². The molecule has 98 valence electrons. The van der Waals surface area contributed by atoms with Crippen molar-refractivity contribution in [3.05, 3.63) is 35.4 Å². The van der Waals surface area contributed by atoms with Crippen LogP contribution in [0.3, 0.4) is 0 Å². The summed E-state index contributed by atoms with van der Waals surface area (Å²) in [5.74, 6) is 0.226. The Morgan fingerprint density at radius 3 is 2.33 bits per heavy atom. The third kappa shape index (κ3) is 3.13. The number of rotatable bonds is 2. The van der Waals surface area contributed by atoms with Crippen LogP contribution in [0.1, 0.15) is 38.8 Å². The number of carbonyl (C=O) groups is 1. The summed E-state index contributed by atoms with van der Waals surface area (Å²) in [6.45, 7) is 12.9. The van der Waals surface area contributed by atoms with Gasteiger partial charge in [-0.15, -0.1) is 0 Å². The fraction of sp³-hybridized carbons (Fsp3) is 0.400. The molecular formula is C15H20O3. The SMILES string of the molecule is C=C(C)C(=O)Oc1cc(C(C)(C)C)c(O)cc1C. The Kier molecular flexibility index (Phi) is 3.85. The predicted octanol–water partition coefficient (Wildman–Crippen LogP) is 3.48. The molecule has 1 N–H and O–H groups in total. The second-order valence-corrected chi connectivity index (χ2v) is 5.55. The number of phenols is 1. The molecule has 0 aliphatic rings. The molecule has 0 unspecified atom stereocenters. The highest BCUT2D eigenvalue weighted by atomic mass is 16.5. The summed E-state index contributed by atoms with van der Waals surface area (Å²) in [6, 6.07) is 3.33. The first-order valence-corrected chi connectivity index (χ1v) is 5.84. The van der Waals surface area contributed by atoms with Crippen molar-refractivity contribution in [3.63, 3.8) is 0 Å². The van der Waals surface area contributed by atoms with Crippen LogP contribution in [0.25, 0.3) is 0 Å². The van der Waals surface area contributed by atoms with Crippen LogP contribution >= 0.6 is 0 Å². The second kappa shape index (κ2) is 4.84. The van der Waals surface area contributed by atoms with Gasteiger partial charge in [0, 0.05) is 11.1 Å². The van der Waals surface area contributed by atoms with E-state index < -0.39 is 5.97 Å². The van der Waals surface area contributed by atoms with Gasteiger partial charge in [0.2, 0.25) is 0 Å². The molecule has 0 radical (unpaired) electrons. The minimum atomic E-state index is -0.455. The Hall–Kier alpha value is -1.77. The van der Waals surface area contributed by atoms with E-state index in [4.69, 9.17) is 4.74 Å². The molecule has 1 rings (SSSR count). The summed E-state index contributed by atoms with van der Waals surface area (Å²) in [4.78, 5) is 11.5. The minimum Gasteiger partial charge on any atom is -0.508 e. The lowest BCUT2D eigenvalue weighted by molar-refractivity contribution is -0.130. The summed E-state index contributed by atoms with van der Waals surface area (Å²) < 4.78 is 5.25. The Labute approximate surface area is 108 Å². The molecule has 0 amide bonds. The largest absolute Gasteiger partial charge is 0.508 e. The van der Waals surface area contributed by atoms with Crippen molar-refractivity contribution < 1.29 is 14.6 Å². The quantitative estimate of drug-likeness (QED) is 0.495. The minimum absolute atomic E-state index is 0.218. The molecule has 0 aliphatic heterocycles. The van der Waals surface area contributed by atoms with Gasteiger partial charge in [-0.2, -0.15) is 0 Å². The highest BCUT2D eigenvalue weighted by Gasteiger charge is 2.21. The third-order valence-electron chi connectivity index (χ3n) is 2.65. The van der Waals surface area contributed by atoms with E-state index in [2.05, 4.69) is 6.58 Å². The van der Waals surface area contributed by atoms with Crippen molar-refractivity contribution in [1.82, 2.24) is 0 Å². The van der Waals surface area contributed by atoms with Gasteiger partial charge in [0.15, 0.2) is 0 Å². The smallest absolute Gasteiger partial charge is 0.338 e. The lowest BCUT2D eigenvalue weighted by Crippen LogP contribution is -2.14. The van der Waals surface area contributed by atoms with Gasteiger partial charge in [-0.05, 0) is 37.0 Å². The summed E-state index contributed by atoms with van der Waals surface area (Å²) in [5.41, 5.74) is 1.59. The molecule has 0 aliphatic carbocycles. The third-order valence-corrected chi connectivity index (χ3v) is 2.65. The Bertz CT molecular complexity index is 493. The van der Waals surface area contributed by atoms with Gasteiger partial charge in [0.05, 0.1) is 0 Å². The van der Waals surface area contributed by atoms with E-state index in [9.17, 15) is 9.90 Å². The lowest BCUT2D eigenvalue weighted by atomic mass is 9.85. The Morgan fingerprint density at radius 1 is 1.33 bits per heavy atom. The highest BCUT2D eigenvalue weighted by Crippen LogP contribution is 2.35. The van der Waals surface area contributed by atoms with Crippen LogP contribution in [0, 0.1) is 6.92 Å². The molecule has 0 spiro atoms. The first-order chi connectivity index (χ1) is 8.12. The van der Waals surface area contributed by atoms with Crippen LogP contribution in [0.15, 0.2) is 24.3 Å². The first kappa shape index (κ1) is 14.3. The summed E-state index contributed by atoms with van der Waals surface area (Å²) in [7, 11) is 0. The van der Waals surface area contributed by atoms with Crippen LogP contribution in [-0.2, 0) is 10.2 Å². The number of benzene rings is 1. The Balaban J connectivity index is 3.22. The van der Waals surface area contributed by atoms with Gasteiger partial charge < -0.3 is 9.84 Å². The molecule has 3 heteroatoms. The maximum atomic E-state index is 11.5. The van der Waals surface area contributed by atoms with Gasteiger partial charge in [0.1, 0.15) is 11.5 Å². The van der Waals surface area contributed by atoms with E-state index >= 15 is 0 Å². The Morgan fingerprint density at radius 2 is 1.89 bits per heavy atom. The van der Waals surface area contributed by atoms with Crippen molar-refractivity contribution in [2.24, 2.45) is 0 Å². The average Bonchev–Trinajstić information content (AvgIpc) is 2.19. The maximum Gasteiger partial charge on any atom is 0.338 e. The van der Waals surface area contributed by atoms with E-state index in [0.29, 0.717) is 11.3 Å². The van der Waals surface area contributed by atoms with E-state index in [1.807, 2.05) is 20.8 Å². The number of carbonyl (C=O) groups excluding carboxylic acids is 1. The van der Waals surface area contributed by atoms with Crippen molar-refractivity contribution >= 4 is 5.97 Å². The van der Waals surface area contributed by atoms with Crippen LogP contribution in [0.4, 0.5) is 0 Å². The number of phenolic OH excluding ortho intramolecular Hbond substituents is 1. The number of ether oxygens (including phenoxy) is 1. The number of aromatic hydroxyl groups is 1. The summed E-state index contributed by atoms with van der Waals surface area (Å²) >= 11 is 0. The number of hydrogen-bond donors (Lipinski definition) is 1. The zero-order valence-electron chi connectivity index (χ0n) is 11.6. The fourth-order valence-electron chi connectivity index (χ4n) is 1.57. The molecule has 18 heavy (non-hydrogen) atoms. The zero-order chi connectivity index (χ0) is 14.1. The second-order valence-electron chi connectivity index (χ2n) is 5.55. The van der Waals surface area contributed by atoms with Gasteiger partial charge in [-0.25, -0.2) is 4.79 Å². The summed E-state index contributed by atoms with van der Waals surface area (Å²) in [6.07, 6.45) is 0. The van der Waals surface area contributed by atoms with Crippen molar-refractivity contribution in [3.8, 4) is 11.5 Å². The molecule has 0 saturated carbocycles. The lowest BCUT2D eigenvalue weighted by Gasteiger charge is -2.22. The van der Waals surface area contributed by atoms with Gasteiger partial charge in [-0.3, -0.25) is 0 Å². The molecule has 0 atom stereocenters. The number of esters is 1. The zero-order valence-corrected chi connectivity index (χ0v) is 11.6. The van der Waals surface area contributed by atoms with Crippen molar-refractivity contribution in [2.45, 2.75) is 40.0 Å². The molecule has 1 aromatic rings. The fourth-order valence-corrected chi connectivity index (χ4v) is 1.57. The number of hydrogen-bond acceptors (Lipinski definition) is 3. The number of aryl methyl sites for hydroxylation is 1. The van der Waals surface area contributed by atoms with E-state index in [0.717, 1.165) is 11.1 Å². The topological polar surface area (TPSA) is 46.5 Å². The van der Waals surface area contributed by atoms with Crippen molar-refractivity contribution in [2.75, 3.05) is 0 Å². The normalized spacial score (nSPS) is 11.2. The van der Waals surface area contributed by atoms with Gasteiger partial charge in [-0.1, -0.05) is 27.4 Å². The van der Waals surface area contributed by atoms with Crippen LogP contribution < -0.4 is 4.74 Å². The monoisotopic (exact) mass is 248 g/mol. The molecule has 0 saturated heterocycles. The van der Waals surface area contributed by atoms with Crippen LogP contribution in [-0.4, -0.2) is 11.1 Å². The molecule has 0 aromatic heterocycles. The van der Waals surface area contributed by atoms with Crippen LogP contribution in [0.2, 0.25) is 0 Å². The van der Waals surface area contributed by atoms with E-state index in [1.54, 1.807) is 26.0 Å². The molecule has 1 aromatic carbocycles. The maximum absolute atomic E-state index is 11.5. The summed E-state index contributed by atoms with van der Waals surface area (Å²) in [5, 5.41) is 9.94. The highest BCUT2D eigenvalue weighted by molar-refractivity contribution is 5.89. The molecule has 0 bridgehead atoms. The molecule has 0 heterocycles. The van der Waals surface area contributed by atoms with Gasteiger partial charge in [0.25, 0.3) is 0 Å². The predicted molar refractivity (Wildman–Crippen MR) is 72.0 cm³/mol. The molecule has 0 fully saturated rings. The van der Waals surface area contributed by atoms with E-state index in [-0.39, 0.29) is 11.2 Å². The average molecular weight is 248 g/mol. The first-order valence-electron chi connectivity index (χ1n) is 5.84. The molecule has 3 nitrogen and oxygen atoms in total. The van der Waals surface area contributed by atoms with E-state index in [1.165, 1.54) is 0 Å². The standard InChI is InChI=1S/C15H20O3/c1-9(2)14(17)18-13-8-11(15(4,5)6)12(16)7-10(13)3/h7-8,16H,1H2,2-6H3.